The van der Waals surface area contributed by atoms with Gasteiger partial charge in [-0.3, -0.25) is 0 Å². The van der Waals surface area contributed by atoms with Gasteiger partial charge in [0.1, 0.15) is 0 Å². The highest BCUT2D eigenvalue weighted by Gasteiger charge is 2.13. The smallest absolute Gasteiger partial charge is 0.164 e. The van der Waals surface area contributed by atoms with Crippen LogP contribution in [0.1, 0.15) is 25.3 Å². The van der Waals surface area contributed by atoms with Crippen molar-refractivity contribution in [2.45, 2.75) is 19.8 Å². The van der Waals surface area contributed by atoms with Gasteiger partial charge in [0.15, 0.2) is 17.5 Å². The number of rotatable bonds is 5. The first kappa shape index (κ1) is 20.8. The minimum Gasteiger partial charge on any atom is -0.208 e. The summed E-state index contributed by atoms with van der Waals surface area (Å²) in [6.45, 7) is 4.39. The van der Waals surface area contributed by atoms with Crippen molar-refractivity contribution in [2.75, 3.05) is 0 Å². The number of hydrogen-bond donors (Lipinski definition) is 0. The molecule has 0 aliphatic heterocycles. The Balaban J connectivity index is 1.61. The lowest BCUT2D eigenvalue weighted by Crippen LogP contribution is -2.00. The second kappa shape index (κ2) is 9.17. The van der Waals surface area contributed by atoms with E-state index in [4.69, 9.17) is 15.0 Å². The van der Waals surface area contributed by atoms with Crippen molar-refractivity contribution in [3.8, 4) is 45.3 Å². The van der Waals surface area contributed by atoms with Gasteiger partial charge in [-0.05, 0) is 28.7 Å². The molecule has 0 saturated heterocycles. The van der Waals surface area contributed by atoms with Crippen LogP contribution >= 0.6 is 0 Å². The summed E-state index contributed by atoms with van der Waals surface area (Å²) in [4.78, 5) is 14.6. The predicted molar refractivity (Wildman–Crippen MR) is 136 cm³/mol. The Labute approximate surface area is 194 Å². The van der Waals surface area contributed by atoms with E-state index in [9.17, 15) is 0 Å². The molecule has 1 heterocycles. The molecular weight excluding hydrogens is 402 g/mol. The van der Waals surface area contributed by atoms with E-state index < -0.39 is 0 Å². The van der Waals surface area contributed by atoms with E-state index in [2.05, 4.69) is 86.6 Å². The summed E-state index contributed by atoms with van der Waals surface area (Å²) in [6.07, 6.45) is 0. The molecule has 3 heteroatoms. The number of aromatic nitrogens is 3. The fraction of sp³-hybridized carbons (Fsp3) is 0.100. The maximum Gasteiger partial charge on any atom is 0.164 e. The van der Waals surface area contributed by atoms with Gasteiger partial charge in [0.05, 0.1) is 0 Å². The SMILES string of the molecule is CC(C)c1cccc(-c2nc(-c3ccccc3)nc(-c3ccc(-c4ccccc4)cc3)n2)c1. The van der Waals surface area contributed by atoms with Crippen LogP contribution in [0.25, 0.3) is 45.3 Å². The topological polar surface area (TPSA) is 38.7 Å². The van der Waals surface area contributed by atoms with E-state index in [0.717, 1.165) is 16.7 Å². The Bertz CT molecular complexity index is 1360. The molecule has 0 atom stereocenters. The third kappa shape index (κ3) is 4.58. The molecular formula is C30H25N3. The fourth-order valence-electron chi connectivity index (χ4n) is 3.83. The molecule has 5 rings (SSSR count). The lowest BCUT2D eigenvalue weighted by atomic mass is 10.0. The van der Waals surface area contributed by atoms with Gasteiger partial charge < -0.3 is 0 Å². The van der Waals surface area contributed by atoms with Crippen LogP contribution < -0.4 is 0 Å². The van der Waals surface area contributed by atoms with Crippen LogP contribution in [0.15, 0.2) is 109 Å². The maximum absolute atomic E-state index is 4.88. The van der Waals surface area contributed by atoms with Crippen LogP contribution in [0, 0.1) is 0 Å². The van der Waals surface area contributed by atoms with Crippen molar-refractivity contribution in [1.29, 1.82) is 0 Å². The van der Waals surface area contributed by atoms with Crippen LogP contribution in [-0.4, -0.2) is 15.0 Å². The molecule has 0 aliphatic rings. The van der Waals surface area contributed by atoms with Crippen LogP contribution in [0.5, 0.6) is 0 Å². The summed E-state index contributed by atoms with van der Waals surface area (Å²) in [5, 5.41) is 0. The minimum absolute atomic E-state index is 0.436. The van der Waals surface area contributed by atoms with Crippen LogP contribution in [-0.2, 0) is 0 Å². The van der Waals surface area contributed by atoms with Crippen molar-refractivity contribution >= 4 is 0 Å². The van der Waals surface area contributed by atoms with Crippen LogP contribution in [0.3, 0.4) is 0 Å². The summed E-state index contributed by atoms with van der Waals surface area (Å²) < 4.78 is 0. The average Bonchev–Trinajstić information content (AvgIpc) is 2.89. The standard InChI is InChI=1S/C30H25N3/c1-21(2)26-14-9-15-27(20-26)30-32-28(24-12-7-4-8-13-24)31-29(33-30)25-18-16-23(17-19-25)22-10-5-3-6-11-22/h3-21H,1-2H3. The number of hydrogen-bond acceptors (Lipinski definition) is 3. The van der Waals surface area contributed by atoms with Crippen molar-refractivity contribution in [2.24, 2.45) is 0 Å². The van der Waals surface area contributed by atoms with E-state index in [1.807, 2.05) is 36.4 Å². The van der Waals surface area contributed by atoms with Crippen molar-refractivity contribution in [1.82, 2.24) is 15.0 Å². The first-order chi connectivity index (χ1) is 16.2. The highest BCUT2D eigenvalue weighted by Crippen LogP contribution is 2.28. The largest absolute Gasteiger partial charge is 0.208 e. The molecule has 160 valence electrons. The Morgan fingerprint density at radius 1 is 0.424 bits per heavy atom. The Morgan fingerprint density at radius 3 is 1.42 bits per heavy atom. The molecule has 1 aromatic heterocycles. The molecule has 0 radical (unpaired) electrons. The molecule has 5 aromatic rings. The van der Waals surface area contributed by atoms with Gasteiger partial charge in [-0.2, -0.15) is 0 Å². The second-order valence-corrected chi connectivity index (χ2v) is 8.40. The third-order valence-electron chi connectivity index (χ3n) is 5.73. The summed E-state index contributed by atoms with van der Waals surface area (Å²) in [5.41, 5.74) is 6.57. The zero-order valence-corrected chi connectivity index (χ0v) is 18.8. The predicted octanol–water partition coefficient (Wildman–Crippen LogP) is 7.66. The first-order valence-electron chi connectivity index (χ1n) is 11.2. The lowest BCUT2D eigenvalue weighted by molar-refractivity contribution is 0.866. The van der Waals surface area contributed by atoms with Crippen LogP contribution in [0.4, 0.5) is 0 Å². The van der Waals surface area contributed by atoms with Crippen LogP contribution in [0.2, 0.25) is 0 Å². The van der Waals surface area contributed by atoms with Gasteiger partial charge in [-0.15, -0.1) is 0 Å². The quantitative estimate of drug-likeness (QED) is 0.289. The first-order valence-corrected chi connectivity index (χ1v) is 11.2. The second-order valence-electron chi connectivity index (χ2n) is 8.40. The Hall–Kier alpha value is -4.11. The molecule has 0 aliphatic carbocycles. The molecule has 3 nitrogen and oxygen atoms in total. The fourth-order valence-corrected chi connectivity index (χ4v) is 3.83. The highest BCUT2D eigenvalue weighted by atomic mass is 15.0. The molecule has 0 spiro atoms. The van der Waals surface area contributed by atoms with Crippen molar-refractivity contribution in [3.05, 3.63) is 115 Å². The monoisotopic (exact) mass is 427 g/mol. The molecule has 0 N–H and O–H groups in total. The third-order valence-corrected chi connectivity index (χ3v) is 5.73. The molecule has 33 heavy (non-hydrogen) atoms. The summed E-state index contributed by atoms with van der Waals surface area (Å²) in [7, 11) is 0. The van der Waals surface area contributed by atoms with Gasteiger partial charge >= 0.3 is 0 Å². The van der Waals surface area contributed by atoms with Gasteiger partial charge in [-0.25, -0.2) is 15.0 Å². The normalized spacial score (nSPS) is 11.0. The Morgan fingerprint density at radius 2 is 0.848 bits per heavy atom. The van der Waals surface area contributed by atoms with Gasteiger partial charge in [0.25, 0.3) is 0 Å². The van der Waals surface area contributed by atoms with E-state index in [0.29, 0.717) is 23.4 Å². The number of benzene rings is 4. The van der Waals surface area contributed by atoms with Gasteiger partial charge in [0, 0.05) is 16.7 Å². The summed E-state index contributed by atoms with van der Waals surface area (Å²) in [6, 6.07) is 37.3. The van der Waals surface area contributed by atoms with Gasteiger partial charge in [0.2, 0.25) is 0 Å². The molecule has 4 aromatic carbocycles. The molecule has 0 unspecified atom stereocenters. The lowest BCUT2D eigenvalue weighted by Gasteiger charge is -2.11. The zero-order chi connectivity index (χ0) is 22.6. The zero-order valence-electron chi connectivity index (χ0n) is 18.8. The Kier molecular flexibility index (Phi) is 5.77. The minimum atomic E-state index is 0.436. The van der Waals surface area contributed by atoms with E-state index >= 15 is 0 Å². The van der Waals surface area contributed by atoms with Crippen molar-refractivity contribution in [3.63, 3.8) is 0 Å². The molecule has 0 saturated carbocycles. The van der Waals surface area contributed by atoms with E-state index in [-0.39, 0.29) is 0 Å². The molecule has 0 bridgehead atoms. The van der Waals surface area contributed by atoms with E-state index in [1.54, 1.807) is 0 Å². The maximum atomic E-state index is 4.88. The van der Waals surface area contributed by atoms with Gasteiger partial charge in [-0.1, -0.05) is 117 Å². The molecule has 0 fully saturated rings. The molecule has 0 amide bonds. The van der Waals surface area contributed by atoms with Crippen molar-refractivity contribution < 1.29 is 0 Å². The number of nitrogens with zero attached hydrogens (tertiary/aromatic N) is 3. The highest BCUT2D eigenvalue weighted by molar-refractivity contribution is 5.70. The summed E-state index contributed by atoms with van der Waals surface area (Å²) >= 11 is 0. The van der Waals surface area contributed by atoms with E-state index in [1.165, 1.54) is 16.7 Å². The average molecular weight is 428 g/mol. The summed E-state index contributed by atoms with van der Waals surface area (Å²) in [5.74, 6) is 2.48.